The van der Waals surface area contributed by atoms with Gasteiger partial charge in [0.05, 0.1) is 6.04 Å². The number of benzene rings is 1. The molecule has 1 aromatic carbocycles. The van der Waals surface area contributed by atoms with E-state index in [0.717, 1.165) is 10.0 Å². The lowest BCUT2D eigenvalue weighted by Gasteiger charge is -2.19. The quantitative estimate of drug-likeness (QED) is 0.276. The first-order valence-electron chi connectivity index (χ1n) is 7.06. The van der Waals surface area contributed by atoms with Crippen molar-refractivity contribution >= 4 is 51.8 Å². The zero-order valence-corrected chi connectivity index (χ0v) is 17.6. The topological polar surface area (TPSA) is 56.7 Å². The summed E-state index contributed by atoms with van der Waals surface area (Å²) in [5.74, 6) is 0.534. The van der Waals surface area contributed by atoms with Gasteiger partial charge in [-0.2, -0.15) is 0 Å². The number of nitrogens with zero attached hydrogens (tertiary/aromatic N) is 2. The molecule has 7 heteroatoms. The predicted molar refractivity (Wildman–Crippen MR) is 110 cm³/mol. The van der Waals surface area contributed by atoms with Crippen molar-refractivity contribution in [1.82, 2.24) is 15.5 Å². The molecule has 1 aromatic rings. The molecular formula is C16H24BrIN4O. The van der Waals surface area contributed by atoms with E-state index in [0.29, 0.717) is 12.5 Å². The third-order valence-electron chi connectivity index (χ3n) is 3.01. The maximum Gasteiger partial charge on any atom is 0.243 e. The number of hydrogen-bond acceptors (Lipinski definition) is 2. The molecule has 1 amide bonds. The van der Waals surface area contributed by atoms with E-state index in [2.05, 4.69) is 38.1 Å². The molecule has 0 heterocycles. The molecule has 2 N–H and O–H groups in total. The Labute approximate surface area is 163 Å². The summed E-state index contributed by atoms with van der Waals surface area (Å²) in [6, 6.07) is 8.04. The molecule has 0 bridgehead atoms. The van der Waals surface area contributed by atoms with Gasteiger partial charge in [0, 0.05) is 25.1 Å². The van der Waals surface area contributed by atoms with Crippen LogP contribution < -0.4 is 10.6 Å². The number of carbonyl (C=O) groups excluding carboxylic acids is 1. The van der Waals surface area contributed by atoms with Crippen LogP contribution in [-0.2, 0) is 4.79 Å². The molecule has 0 aliphatic heterocycles. The van der Waals surface area contributed by atoms with Gasteiger partial charge in [0.25, 0.3) is 0 Å². The average molecular weight is 495 g/mol. The second kappa shape index (κ2) is 11.4. The average Bonchev–Trinajstić information content (AvgIpc) is 2.49. The van der Waals surface area contributed by atoms with Crippen LogP contribution >= 0.6 is 39.9 Å². The molecule has 0 spiro atoms. The van der Waals surface area contributed by atoms with Crippen LogP contribution in [0.1, 0.15) is 18.5 Å². The van der Waals surface area contributed by atoms with E-state index in [9.17, 15) is 4.79 Å². The molecule has 0 aliphatic rings. The van der Waals surface area contributed by atoms with Crippen LogP contribution in [0.25, 0.3) is 0 Å². The molecule has 5 nitrogen and oxygen atoms in total. The monoisotopic (exact) mass is 494 g/mol. The van der Waals surface area contributed by atoms with E-state index < -0.39 is 0 Å². The van der Waals surface area contributed by atoms with E-state index in [1.807, 2.05) is 31.2 Å². The van der Waals surface area contributed by atoms with E-state index in [1.165, 1.54) is 4.90 Å². The lowest BCUT2D eigenvalue weighted by atomic mass is 10.1. The molecule has 23 heavy (non-hydrogen) atoms. The summed E-state index contributed by atoms with van der Waals surface area (Å²) in [6.07, 6.45) is 1.74. The Morgan fingerprint density at radius 2 is 2.09 bits per heavy atom. The first kappa shape index (κ1) is 21.9. The number of aliphatic imine (C=N–C) groups is 1. The maximum absolute atomic E-state index is 11.7. The molecule has 0 aliphatic carbocycles. The predicted octanol–water partition coefficient (Wildman–Crippen LogP) is 2.94. The summed E-state index contributed by atoms with van der Waals surface area (Å²) in [5.41, 5.74) is 1.12. The summed E-state index contributed by atoms with van der Waals surface area (Å²) in [7, 11) is 3.43. The third-order valence-corrected chi connectivity index (χ3v) is 3.73. The van der Waals surface area contributed by atoms with Gasteiger partial charge < -0.3 is 15.5 Å². The highest BCUT2D eigenvalue weighted by atomic mass is 127. The summed E-state index contributed by atoms with van der Waals surface area (Å²) in [4.78, 5) is 17.5. The molecule has 0 saturated heterocycles. The van der Waals surface area contributed by atoms with E-state index in [1.54, 1.807) is 20.2 Å². The second-order valence-corrected chi connectivity index (χ2v) is 5.86. The molecule has 1 unspecified atom stereocenters. The van der Waals surface area contributed by atoms with Crippen LogP contribution in [0.3, 0.4) is 0 Å². The number of guanidine groups is 1. The van der Waals surface area contributed by atoms with Gasteiger partial charge in [0.2, 0.25) is 5.91 Å². The number of amides is 1. The number of carbonyl (C=O) groups is 1. The summed E-state index contributed by atoms with van der Waals surface area (Å²) in [5, 5.41) is 6.41. The third kappa shape index (κ3) is 7.83. The van der Waals surface area contributed by atoms with Crippen LogP contribution in [0, 0.1) is 0 Å². The van der Waals surface area contributed by atoms with Gasteiger partial charge in [0.1, 0.15) is 6.54 Å². The first-order valence-corrected chi connectivity index (χ1v) is 7.85. The lowest BCUT2D eigenvalue weighted by Crippen LogP contribution is -2.40. The minimum Gasteiger partial charge on any atom is -0.353 e. The van der Waals surface area contributed by atoms with Crippen molar-refractivity contribution in [3.05, 3.63) is 47.0 Å². The Balaban J connectivity index is 0.00000484. The largest absolute Gasteiger partial charge is 0.353 e. The Morgan fingerprint density at radius 3 is 2.65 bits per heavy atom. The number of likely N-dealkylation sites (N-methyl/N-ethyl adjacent to an activating group) is 1. The smallest absolute Gasteiger partial charge is 0.243 e. The van der Waals surface area contributed by atoms with Gasteiger partial charge in [-0.1, -0.05) is 40.2 Å². The minimum atomic E-state index is -0.0479. The minimum absolute atomic E-state index is 0. The van der Waals surface area contributed by atoms with Crippen LogP contribution in [0.15, 0.2) is 46.4 Å². The fourth-order valence-electron chi connectivity index (χ4n) is 1.72. The van der Waals surface area contributed by atoms with Gasteiger partial charge >= 0.3 is 0 Å². The van der Waals surface area contributed by atoms with Gasteiger partial charge in [-0.3, -0.25) is 4.79 Å². The zero-order valence-electron chi connectivity index (χ0n) is 13.7. The molecule has 1 rings (SSSR count). The highest BCUT2D eigenvalue weighted by Gasteiger charge is 2.11. The highest BCUT2D eigenvalue weighted by Crippen LogP contribution is 2.22. The second-order valence-electron chi connectivity index (χ2n) is 5.01. The number of hydrogen-bond donors (Lipinski definition) is 2. The van der Waals surface area contributed by atoms with Crippen molar-refractivity contribution in [2.24, 2.45) is 4.99 Å². The van der Waals surface area contributed by atoms with Crippen molar-refractivity contribution in [3.63, 3.8) is 0 Å². The van der Waals surface area contributed by atoms with Crippen LogP contribution in [0.5, 0.6) is 0 Å². The Hall–Kier alpha value is -1.09. The van der Waals surface area contributed by atoms with Gasteiger partial charge in [-0.15, -0.1) is 30.6 Å². The first-order chi connectivity index (χ1) is 10.5. The lowest BCUT2D eigenvalue weighted by molar-refractivity contribution is -0.127. The Kier molecular flexibility index (Phi) is 10.9. The summed E-state index contributed by atoms with van der Waals surface area (Å²) >= 11 is 3.54. The van der Waals surface area contributed by atoms with E-state index in [4.69, 9.17) is 0 Å². The normalized spacial score (nSPS) is 11.9. The summed E-state index contributed by atoms with van der Waals surface area (Å²) < 4.78 is 1.03. The SMILES string of the molecule is C=CCNC(=NCC(=O)N(C)C)NC(C)c1ccccc1Br.I. The van der Waals surface area contributed by atoms with Crippen molar-refractivity contribution in [2.75, 3.05) is 27.2 Å². The van der Waals surface area contributed by atoms with Gasteiger partial charge in [0.15, 0.2) is 5.96 Å². The van der Waals surface area contributed by atoms with Crippen LogP contribution in [-0.4, -0.2) is 44.0 Å². The van der Waals surface area contributed by atoms with Crippen molar-refractivity contribution in [1.29, 1.82) is 0 Å². The van der Waals surface area contributed by atoms with Gasteiger partial charge in [-0.05, 0) is 18.6 Å². The fourth-order valence-corrected chi connectivity index (χ4v) is 2.35. The van der Waals surface area contributed by atoms with Crippen molar-refractivity contribution in [3.8, 4) is 0 Å². The molecule has 0 radical (unpaired) electrons. The van der Waals surface area contributed by atoms with E-state index >= 15 is 0 Å². The molecule has 0 aromatic heterocycles. The molecule has 1 atom stereocenters. The number of halogens is 2. The fraction of sp³-hybridized carbons (Fsp3) is 0.375. The maximum atomic E-state index is 11.7. The summed E-state index contributed by atoms with van der Waals surface area (Å²) in [6.45, 7) is 6.39. The number of nitrogens with one attached hydrogen (secondary N) is 2. The highest BCUT2D eigenvalue weighted by molar-refractivity contribution is 14.0. The van der Waals surface area contributed by atoms with Crippen LogP contribution in [0.4, 0.5) is 0 Å². The Bertz CT molecular complexity index is 549. The van der Waals surface area contributed by atoms with Gasteiger partial charge in [-0.25, -0.2) is 4.99 Å². The van der Waals surface area contributed by atoms with E-state index in [-0.39, 0.29) is 42.5 Å². The van der Waals surface area contributed by atoms with Crippen molar-refractivity contribution in [2.45, 2.75) is 13.0 Å². The Morgan fingerprint density at radius 1 is 1.43 bits per heavy atom. The van der Waals surface area contributed by atoms with Crippen molar-refractivity contribution < 1.29 is 4.79 Å². The standard InChI is InChI=1S/C16H23BrN4O.HI/c1-5-10-18-16(19-11-15(22)21(3)4)20-12(2)13-8-6-7-9-14(13)17;/h5-9,12H,1,10-11H2,2-4H3,(H2,18,19,20);1H. The van der Waals surface area contributed by atoms with Crippen LogP contribution in [0.2, 0.25) is 0 Å². The molecular weight excluding hydrogens is 471 g/mol. The zero-order chi connectivity index (χ0) is 16.5. The molecule has 0 fully saturated rings. The molecule has 0 saturated carbocycles. The molecule has 128 valence electrons. The number of rotatable bonds is 6.